The highest BCUT2D eigenvalue weighted by Crippen LogP contribution is 2.36. The van der Waals surface area contributed by atoms with Gasteiger partial charge < -0.3 is 21.7 Å². The predicted octanol–water partition coefficient (Wildman–Crippen LogP) is 2.95. The number of carbonyl (C=O) groups is 2. The Morgan fingerprint density at radius 2 is 2.08 bits per heavy atom. The van der Waals surface area contributed by atoms with Crippen molar-refractivity contribution < 1.29 is 14.0 Å². The zero-order chi connectivity index (χ0) is 17.8. The van der Waals surface area contributed by atoms with E-state index in [0.29, 0.717) is 21.9 Å². The molecule has 0 bridgehead atoms. The monoisotopic (exact) mass is 398 g/mol. The molecule has 1 atom stereocenters. The number of carbonyl (C=O) groups excluding carboxylic acids is 2. The molecule has 26 heavy (non-hydrogen) atoms. The van der Waals surface area contributed by atoms with E-state index < -0.39 is 11.8 Å². The van der Waals surface area contributed by atoms with E-state index in [1.165, 1.54) is 6.07 Å². The lowest BCUT2D eigenvalue weighted by atomic mass is 10.1. The van der Waals surface area contributed by atoms with Crippen LogP contribution in [0.15, 0.2) is 30.3 Å². The largest absolute Gasteiger partial charge is 0.351 e. The van der Waals surface area contributed by atoms with Crippen LogP contribution in [0.3, 0.4) is 0 Å². The summed E-state index contributed by atoms with van der Waals surface area (Å²) in [6, 6.07) is 7.12. The van der Waals surface area contributed by atoms with Gasteiger partial charge in [-0.3, -0.25) is 4.79 Å². The lowest BCUT2D eigenvalue weighted by Crippen LogP contribution is -2.45. The van der Waals surface area contributed by atoms with Gasteiger partial charge in [-0.15, -0.1) is 23.7 Å². The SMILES string of the molecule is Cl.NC(=O)Nc1cc(-c2ccccc2F)sc1C(=O)N[C@H]1CCCNC1. The Hall–Kier alpha value is -2.16. The zero-order valence-electron chi connectivity index (χ0n) is 13.9. The molecule has 9 heteroatoms. The second-order valence-electron chi connectivity index (χ2n) is 5.84. The molecule has 1 aromatic heterocycles. The van der Waals surface area contributed by atoms with Crippen LogP contribution in [-0.2, 0) is 0 Å². The first-order valence-electron chi connectivity index (χ1n) is 8.01. The topological polar surface area (TPSA) is 96.2 Å². The molecule has 5 N–H and O–H groups in total. The van der Waals surface area contributed by atoms with E-state index in [-0.39, 0.29) is 30.0 Å². The number of nitrogens with one attached hydrogen (secondary N) is 3. The fourth-order valence-electron chi connectivity index (χ4n) is 2.81. The average Bonchev–Trinajstić information content (AvgIpc) is 2.99. The van der Waals surface area contributed by atoms with E-state index >= 15 is 0 Å². The number of primary amides is 1. The number of anilines is 1. The molecule has 0 radical (unpaired) electrons. The lowest BCUT2D eigenvalue weighted by molar-refractivity contribution is 0.0935. The third-order valence-corrected chi connectivity index (χ3v) is 5.13. The molecule has 1 saturated heterocycles. The molecule has 2 heterocycles. The zero-order valence-corrected chi connectivity index (χ0v) is 15.5. The standard InChI is InChI=1S/C17H19FN4O2S.ClH/c18-12-6-2-1-5-11(12)14-8-13(22-17(19)24)15(25-14)16(23)21-10-4-3-7-20-9-10;/h1-2,5-6,8,10,20H,3-4,7,9H2,(H,21,23)(H3,19,22,24);1H/t10-;/m0./s1. The summed E-state index contributed by atoms with van der Waals surface area (Å²) in [6.45, 7) is 1.65. The van der Waals surface area contributed by atoms with Crippen LogP contribution in [0.5, 0.6) is 0 Å². The number of hydrogen-bond donors (Lipinski definition) is 4. The Labute approximate surface area is 160 Å². The van der Waals surface area contributed by atoms with Crippen LogP contribution >= 0.6 is 23.7 Å². The Balaban J connectivity index is 0.00000243. The Kier molecular flexibility index (Phi) is 6.96. The Morgan fingerprint density at radius 3 is 2.73 bits per heavy atom. The molecule has 0 unspecified atom stereocenters. The van der Waals surface area contributed by atoms with Crippen molar-refractivity contribution in [3.8, 4) is 10.4 Å². The van der Waals surface area contributed by atoms with Crippen molar-refractivity contribution >= 4 is 41.4 Å². The Bertz CT molecular complexity index is 793. The normalized spacial score (nSPS) is 16.4. The van der Waals surface area contributed by atoms with E-state index in [4.69, 9.17) is 5.73 Å². The highest BCUT2D eigenvalue weighted by molar-refractivity contribution is 7.18. The number of hydrogen-bond acceptors (Lipinski definition) is 4. The van der Waals surface area contributed by atoms with Gasteiger partial charge in [-0.1, -0.05) is 18.2 Å². The first kappa shape index (κ1) is 20.2. The van der Waals surface area contributed by atoms with Gasteiger partial charge >= 0.3 is 6.03 Å². The summed E-state index contributed by atoms with van der Waals surface area (Å²) in [5.41, 5.74) is 5.86. The minimum absolute atomic E-state index is 0. The minimum Gasteiger partial charge on any atom is -0.351 e. The summed E-state index contributed by atoms with van der Waals surface area (Å²) in [7, 11) is 0. The maximum absolute atomic E-state index is 14.0. The molecule has 2 aromatic rings. The number of thiophene rings is 1. The second-order valence-corrected chi connectivity index (χ2v) is 6.89. The molecule has 1 aliphatic heterocycles. The van der Waals surface area contributed by atoms with Crippen LogP contribution in [0.4, 0.5) is 14.9 Å². The molecule has 0 saturated carbocycles. The van der Waals surface area contributed by atoms with E-state index in [9.17, 15) is 14.0 Å². The summed E-state index contributed by atoms with van der Waals surface area (Å²) in [5.74, 6) is -0.692. The average molecular weight is 399 g/mol. The van der Waals surface area contributed by atoms with Crippen molar-refractivity contribution in [2.75, 3.05) is 18.4 Å². The second kappa shape index (κ2) is 8.98. The Morgan fingerprint density at radius 1 is 1.31 bits per heavy atom. The van der Waals surface area contributed by atoms with Crippen molar-refractivity contribution in [3.63, 3.8) is 0 Å². The summed E-state index contributed by atoms with van der Waals surface area (Å²) < 4.78 is 14.0. The van der Waals surface area contributed by atoms with Gasteiger partial charge in [-0.05, 0) is 31.5 Å². The number of rotatable bonds is 4. The fraction of sp³-hybridized carbons (Fsp3) is 0.294. The van der Waals surface area contributed by atoms with Gasteiger partial charge in [0, 0.05) is 23.0 Å². The summed E-state index contributed by atoms with van der Waals surface area (Å²) in [6.07, 6.45) is 1.88. The van der Waals surface area contributed by atoms with Gasteiger partial charge in [-0.25, -0.2) is 9.18 Å². The van der Waals surface area contributed by atoms with Crippen molar-refractivity contribution in [1.82, 2.24) is 10.6 Å². The van der Waals surface area contributed by atoms with Gasteiger partial charge in [0.2, 0.25) is 0 Å². The van der Waals surface area contributed by atoms with Crippen LogP contribution < -0.4 is 21.7 Å². The molecule has 1 aliphatic rings. The first-order chi connectivity index (χ1) is 12.0. The number of halogens is 2. The molecule has 140 valence electrons. The van der Waals surface area contributed by atoms with Gasteiger partial charge in [0.05, 0.1) is 5.69 Å². The fourth-order valence-corrected chi connectivity index (χ4v) is 3.85. The van der Waals surface area contributed by atoms with Crippen molar-refractivity contribution in [2.24, 2.45) is 5.73 Å². The highest BCUT2D eigenvalue weighted by atomic mass is 35.5. The van der Waals surface area contributed by atoms with E-state index in [2.05, 4.69) is 16.0 Å². The van der Waals surface area contributed by atoms with E-state index in [1.807, 2.05) is 0 Å². The van der Waals surface area contributed by atoms with Crippen LogP contribution in [0.2, 0.25) is 0 Å². The van der Waals surface area contributed by atoms with Gasteiger partial charge in [0.1, 0.15) is 10.7 Å². The molecule has 3 rings (SSSR count). The first-order valence-corrected chi connectivity index (χ1v) is 8.83. The third kappa shape index (κ3) is 4.72. The number of amides is 3. The summed E-state index contributed by atoms with van der Waals surface area (Å²) >= 11 is 1.12. The van der Waals surface area contributed by atoms with Gasteiger partial charge in [0.25, 0.3) is 5.91 Å². The highest BCUT2D eigenvalue weighted by Gasteiger charge is 2.22. The molecular weight excluding hydrogens is 379 g/mol. The quantitative estimate of drug-likeness (QED) is 0.637. The lowest BCUT2D eigenvalue weighted by Gasteiger charge is -2.23. The molecular formula is C17H20ClFN4O2S. The minimum atomic E-state index is -0.772. The van der Waals surface area contributed by atoms with E-state index in [1.54, 1.807) is 24.3 Å². The van der Waals surface area contributed by atoms with Crippen molar-refractivity contribution in [2.45, 2.75) is 18.9 Å². The molecule has 6 nitrogen and oxygen atoms in total. The number of benzene rings is 1. The van der Waals surface area contributed by atoms with E-state index in [0.717, 1.165) is 30.7 Å². The van der Waals surface area contributed by atoms with Crippen molar-refractivity contribution in [3.05, 3.63) is 41.0 Å². The molecule has 1 aromatic carbocycles. The van der Waals surface area contributed by atoms with Gasteiger partial charge in [0.15, 0.2) is 0 Å². The van der Waals surface area contributed by atoms with Crippen LogP contribution in [0, 0.1) is 5.82 Å². The number of nitrogens with two attached hydrogens (primary N) is 1. The number of piperidine rings is 1. The van der Waals surface area contributed by atoms with Crippen LogP contribution in [0.1, 0.15) is 22.5 Å². The summed E-state index contributed by atoms with van der Waals surface area (Å²) in [4.78, 5) is 24.7. The molecule has 1 fully saturated rings. The summed E-state index contributed by atoms with van der Waals surface area (Å²) in [5, 5.41) is 8.63. The molecule has 0 aliphatic carbocycles. The van der Waals surface area contributed by atoms with Crippen molar-refractivity contribution in [1.29, 1.82) is 0 Å². The third-order valence-electron chi connectivity index (χ3n) is 3.97. The van der Waals surface area contributed by atoms with Crippen LogP contribution in [-0.4, -0.2) is 31.1 Å². The van der Waals surface area contributed by atoms with Crippen LogP contribution in [0.25, 0.3) is 10.4 Å². The predicted molar refractivity (Wildman–Crippen MR) is 104 cm³/mol. The maximum atomic E-state index is 14.0. The maximum Gasteiger partial charge on any atom is 0.316 e. The molecule has 3 amide bonds. The van der Waals surface area contributed by atoms with Gasteiger partial charge in [-0.2, -0.15) is 0 Å². The molecule has 0 spiro atoms. The smallest absolute Gasteiger partial charge is 0.316 e. The number of urea groups is 1.